The van der Waals surface area contributed by atoms with Gasteiger partial charge >= 0.3 is 0 Å². The summed E-state index contributed by atoms with van der Waals surface area (Å²) in [6.45, 7) is 5.77. The lowest BCUT2D eigenvalue weighted by Crippen LogP contribution is -2.31. The quantitative estimate of drug-likeness (QED) is 0.853. The molecule has 0 aliphatic carbocycles. The van der Waals surface area contributed by atoms with Crippen molar-refractivity contribution in [3.8, 4) is 5.75 Å². The van der Waals surface area contributed by atoms with Gasteiger partial charge in [-0.1, -0.05) is 18.5 Å². The van der Waals surface area contributed by atoms with Gasteiger partial charge in [0.25, 0.3) is 0 Å². The Balaban J connectivity index is 2.84. The third kappa shape index (κ3) is 4.19. The highest BCUT2D eigenvalue weighted by atomic mass is 35.5. The fourth-order valence-electron chi connectivity index (χ4n) is 1.34. The number of ether oxygens (including phenoxy) is 1. The molecule has 0 aromatic heterocycles. The zero-order valence-electron chi connectivity index (χ0n) is 10.5. The van der Waals surface area contributed by atoms with Crippen LogP contribution in [0.1, 0.15) is 38.8 Å². The van der Waals surface area contributed by atoms with Crippen molar-refractivity contribution in [2.24, 2.45) is 5.73 Å². The van der Waals surface area contributed by atoms with Crippen LogP contribution in [0.3, 0.4) is 0 Å². The van der Waals surface area contributed by atoms with Crippen LogP contribution in [-0.4, -0.2) is 17.3 Å². The van der Waals surface area contributed by atoms with Crippen LogP contribution < -0.4 is 10.5 Å². The summed E-state index contributed by atoms with van der Waals surface area (Å²) in [6.07, 6.45) is 0.633. The van der Waals surface area contributed by atoms with E-state index in [1.54, 1.807) is 25.1 Å². The van der Waals surface area contributed by atoms with E-state index in [2.05, 4.69) is 0 Å². The molecular formula is C13H20ClNO2. The van der Waals surface area contributed by atoms with Crippen LogP contribution in [0.15, 0.2) is 18.2 Å². The topological polar surface area (TPSA) is 55.5 Å². The van der Waals surface area contributed by atoms with Crippen molar-refractivity contribution in [1.29, 1.82) is 0 Å². The van der Waals surface area contributed by atoms with Crippen LogP contribution in [0, 0.1) is 0 Å². The summed E-state index contributed by atoms with van der Waals surface area (Å²) in [4.78, 5) is 0. The van der Waals surface area contributed by atoms with E-state index in [-0.39, 0.29) is 12.6 Å². The Morgan fingerprint density at radius 1 is 1.53 bits per heavy atom. The van der Waals surface area contributed by atoms with Crippen LogP contribution in [0.25, 0.3) is 0 Å². The van der Waals surface area contributed by atoms with E-state index in [0.29, 0.717) is 17.2 Å². The summed E-state index contributed by atoms with van der Waals surface area (Å²) < 4.78 is 5.62. The Labute approximate surface area is 108 Å². The number of hydrogen-bond acceptors (Lipinski definition) is 3. The lowest BCUT2D eigenvalue weighted by Gasteiger charge is -2.23. The standard InChI is InChI=1S/C13H20ClNO2/c1-4-13(3,16)8-17-12-6-5-10(14)7-11(12)9(2)15/h5-7,9,16H,4,8,15H2,1-3H3/t9-,13?/m0/s1. The number of nitrogens with two attached hydrogens (primary N) is 1. The molecule has 1 unspecified atom stereocenters. The Morgan fingerprint density at radius 2 is 2.18 bits per heavy atom. The van der Waals surface area contributed by atoms with E-state index < -0.39 is 5.60 Å². The minimum atomic E-state index is -0.825. The molecule has 0 radical (unpaired) electrons. The molecule has 0 saturated heterocycles. The van der Waals surface area contributed by atoms with Crippen LogP contribution in [0.2, 0.25) is 5.02 Å². The predicted molar refractivity (Wildman–Crippen MR) is 70.5 cm³/mol. The van der Waals surface area contributed by atoms with Gasteiger partial charge in [0.2, 0.25) is 0 Å². The number of benzene rings is 1. The van der Waals surface area contributed by atoms with Crippen molar-refractivity contribution in [2.75, 3.05) is 6.61 Å². The Bertz CT molecular complexity index is 378. The summed E-state index contributed by atoms with van der Waals surface area (Å²) >= 11 is 5.92. The summed E-state index contributed by atoms with van der Waals surface area (Å²) in [5.41, 5.74) is 5.88. The zero-order chi connectivity index (χ0) is 13.1. The van der Waals surface area contributed by atoms with Crippen molar-refractivity contribution in [2.45, 2.75) is 38.8 Å². The first-order chi connectivity index (χ1) is 7.85. The molecule has 3 nitrogen and oxygen atoms in total. The maximum atomic E-state index is 9.89. The highest BCUT2D eigenvalue weighted by molar-refractivity contribution is 6.30. The lowest BCUT2D eigenvalue weighted by molar-refractivity contribution is 0.00810. The fraction of sp³-hybridized carbons (Fsp3) is 0.538. The second-order valence-electron chi connectivity index (χ2n) is 4.61. The normalized spacial score (nSPS) is 16.4. The molecule has 1 aromatic carbocycles. The molecule has 0 saturated carbocycles. The SMILES string of the molecule is CCC(C)(O)COc1ccc(Cl)cc1[C@H](C)N. The van der Waals surface area contributed by atoms with Crippen molar-refractivity contribution in [1.82, 2.24) is 0 Å². The van der Waals surface area contributed by atoms with E-state index in [0.717, 1.165) is 5.56 Å². The second-order valence-corrected chi connectivity index (χ2v) is 5.05. The van der Waals surface area contributed by atoms with Crippen LogP contribution in [0.5, 0.6) is 5.75 Å². The van der Waals surface area contributed by atoms with E-state index in [1.165, 1.54) is 0 Å². The van der Waals surface area contributed by atoms with Crippen molar-refractivity contribution in [3.05, 3.63) is 28.8 Å². The molecule has 2 atom stereocenters. The molecule has 0 amide bonds. The van der Waals surface area contributed by atoms with Gasteiger partial charge in [-0.15, -0.1) is 0 Å². The zero-order valence-corrected chi connectivity index (χ0v) is 11.3. The molecule has 3 N–H and O–H groups in total. The summed E-state index contributed by atoms with van der Waals surface area (Å²) in [7, 11) is 0. The highest BCUT2D eigenvalue weighted by Gasteiger charge is 2.19. The van der Waals surface area contributed by atoms with E-state index in [9.17, 15) is 5.11 Å². The van der Waals surface area contributed by atoms with Gasteiger partial charge in [-0.2, -0.15) is 0 Å². The Hall–Kier alpha value is -0.770. The fourth-order valence-corrected chi connectivity index (χ4v) is 1.52. The molecule has 0 spiro atoms. The molecule has 17 heavy (non-hydrogen) atoms. The van der Waals surface area contributed by atoms with Crippen LogP contribution in [0.4, 0.5) is 0 Å². The maximum absolute atomic E-state index is 9.89. The molecule has 0 bridgehead atoms. The number of hydrogen-bond donors (Lipinski definition) is 2. The third-order valence-electron chi connectivity index (χ3n) is 2.76. The lowest BCUT2D eigenvalue weighted by atomic mass is 10.1. The predicted octanol–water partition coefficient (Wildman–Crippen LogP) is 2.90. The van der Waals surface area contributed by atoms with E-state index in [4.69, 9.17) is 22.1 Å². The van der Waals surface area contributed by atoms with Crippen molar-refractivity contribution < 1.29 is 9.84 Å². The molecule has 96 valence electrons. The minimum absolute atomic E-state index is 0.157. The molecule has 0 fully saturated rings. The first-order valence-corrected chi connectivity index (χ1v) is 6.13. The molecule has 1 aromatic rings. The first-order valence-electron chi connectivity index (χ1n) is 5.76. The van der Waals surface area contributed by atoms with Crippen molar-refractivity contribution >= 4 is 11.6 Å². The molecule has 0 aliphatic heterocycles. The monoisotopic (exact) mass is 257 g/mol. The summed E-state index contributed by atoms with van der Waals surface area (Å²) in [5.74, 6) is 0.679. The molecule has 0 aliphatic rings. The molecule has 4 heteroatoms. The average molecular weight is 258 g/mol. The maximum Gasteiger partial charge on any atom is 0.124 e. The van der Waals surface area contributed by atoms with Gasteiger partial charge in [0.1, 0.15) is 12.4 Å². The van der Waals surface area contributed by atoms with Crippen LogP contribution >= 0.6 is 11.6 Å². The Morgan fingerprint density at radius 3 is 2.71 bits per heavy atom. The van der Waals surface area contributed by atoms with Gasteiger partial charge in [0.05, 0.1) is 5.60 Å². The van der Waals surface area contributed by atoms with Gasteiger partial charge in [0, 0.05) is 16.6 Å². The molecule has 0 heterocycles. The number of halogens is 1. The minimum Gasteiger partial charge on any atom is -0.490 e. The van der Waals surface area contributed by atoms with Gasteiger partial charge < -0.3 is 15.6 Å². The smallest absolute Gasteiger partial charge is 0.124 e. The second kappa shape index (κ2) is 5.71. The largest absolute Gasteiger partial charge is 0.490 e. The highest BCUT2D eigenvalue weighted by Crippen LogP contribution is 2.28. The Kier molecular flexibility index (Phi) is 4.80. The van der Waals surface area contributed by atoms with Crippen molar-refractivity contribution in [3.63, 3.8) is 0 Å². The molecular weight excluding hydrogens is 238 g/mol. The van der Waals surface area contributed by atoms with Gasteiger partial charge in [-0.25, -0.2) is 0 Å². The molecule has 1 rings (SSSR count). The third-order valence-corrected chi connectivity index (χ3v) is 3.00. The number of aliphatic hydroxyl groups is 1. The van der Waals surface area contributed by atoms with Crippen LogP contribution in [-0.2, 0) is 0 Å². The summed E-state index contributed by atoms with van der Waals surface area (Å²) in [5, 5.41) is 10.5. The van der Waals surface area contributed by atoms with Gasteiger partial charge in [-0.05, 0) is 38.5 Å². The van der Waals surface area contributed by atoms with E-state index in [1.807, 2.05) is 13.8 Å². The van der Waals surface area contributed by atoms with Gasteiger partial charge in [-0.3, -0.25) is 0 Å². The van der Waals surface area contributed by atoms with E-state index >= 15 is 0 Å². The summed E-state index contributed by atoms with van der Waals surface area (Å²) in [6, 6.07) is 5.17. The first kappa shape index (κ1) is 14.3. The van der Waals surface area contributed by atoms with Gasteiger partial charge in [0.15, 0.2) is 0 Å². The average Bonchev–Trinajstić information content (AvgIpc) is 2.27. The number of rotatable bonds is 5.